The number of halogens is 1. The van der Waals surface area contributed by atoms with Gasteiger partial charge in [0.15, 0.2) is 0 Å². The fourth-order valence-corrected chi connectivity index (χ4v) is 2.76. The molecular formula is C8H9ClO2. The molecular weight excluding hydrogens is 164 g/mol. The average Bonchev–Trinajstić information content (AvgIpc) is 2.41. The van der Waals surface area contributed by atoms with E-state index in [1.807, 2.05) is 0 Å². The minimum absolute atomic E-state index is 0.0231. The summed E-state index contributed by atoms with van der Waals surface area (Å²) in [6.07, 6.45) is 2.49. The Labute approximate surface area is 69.9 Å². The van der Waals surface area contributed by atoms with Crippen molar-refractivity contribution in [2.45, 2.75) is 19.3 Å². The normalized spacial score (nSPS) is 41.5. The van der Waals surface area contributed by atoms with Crippen LogP contribution < -0.4 is 0 Å². The van der Waals surface area contributed by atoms with Crippen LogP contribution in [0.3, 0.4) is 0 Å². The maximum Gasteiger partial charge on any atom is 0.225 e. The lowest BCUT2D eigenvalue weighted by atomic mass is 9.99. The Morgan fingerprint density at radius 2 is 2.18 bits per heavy atom. The molecule has 0 spiro atoms. The number of carbonyl (C=O) groups is 2. The van der Waals surface area contributed by atoms with Gasteiger partial charge in [0.05, 0.1) is 0 Å². The van der Waals surface area contributed by atoms with Crippen LogP contribution in [0.15, 0.2) is 0 Å². The van der Waals surface area contributed by atoms with E-state index in [9.17, 15) is 9.59 Å². The van der Waals surface area contributed by atoms with Gasteiger partial charge < -0.3 is 0 Å². The van der Waals surface area contributed by atoms with Crippen molar-refractivity contribution < 1.29 is 9.59 Å². The standard InChI is InChI=1S/C8H9ClO2/c9-8(11)7-4-1-2-5(7)6(10)3-4/h4-5,7H,1-3H2/t4-,5+,7+/m1/s1. The maximum absolute atomic E-state index is 11.1. The molecule has 0 unspecified atom stereocenters. The second-order valence-corrected chi connectivity index (χ2v) is 3.82. The molecule has 0 aromatic rings. The number of carbonyl (C=O) groups excluding carboxylic acids is 2. The third-order valence-electron chi connectivity index (χ3n) is 2.93. The molecule has 2 fully saturated rings. The zero-order valence-corrected chi connectivity index (χ0v) is 6.80. The number of rotatable bonds is 1. The molecule has 0 N–H and O–H groups in total. The first-order valence-corrected chi connectivity index (χ1v) is 4.30. The molecule has 2 aliphatic carbocycles. The third kappa shape index (κ3) is 0.924. The summed E-state index contributed by atoms with van der Waals surface area (Å²) in [5, 5.41) is -0.302. The fourth-order valence-electron chi connectivity index (χ4n) is 2.42. The third-order valence-corrected chi connectivity index (χ3v) is 3.18. The fraction of sp³-hybridized carbons (Fsp3) is 0.750. The van der Waals surface area contributed by atoms with Crippen molar-refractivity contribution in [2.75, 3.05) is 0 Å². The van der Waals surface area contributed by atoms with E-state index < -0.39 is 0 Å². The van der Waals surface area contributed by atoms with E-state index in [2.05, 4.69) is 0 Å². The highest BCUT2D eigenvalue weighted by molar-refractivity contribution is 6.64. The summed E-state index contributed by atoms with van der Waals surface area (Å²) in [7, 11) is 0. The summed E-state index contributed by atoms with van der Waals surface area (Å²) in [6, 6.07) is 0. The van der Waals surface area contributed by atoms with Crippen molar-refractivity contribution in [3.05, 3.63) is 0 Å². The number of hydrogen-bond acceptors (Lipinski definition) is 2. The molecule has 3 atom stereocenters. The van der Waals surface area contributed by atoms with Gasteiger partial charge in [0.25, 0.3) is 0 Å². The quantitative estimate of drug-likeness (QED) is 0.560. The van der Waals surface area contributed by atoms with Crippen LogP contribution in [0.4, 0.5) is 0 Å². The summed E-state index contributed by atoms with van der Waals surface area (Å²) < 4.78 is 0. The first kappa shape index (κ1) is 7.29. The lowest BCUT2D eigenvalue weighted by Gasteiger charge is -2.06. The Balaban J connectivity index is 2.25. The first-order valence-electron chi connectivity index (χ1n) is 3.92. The minimum Gasteiger partial charge on any atom is -0.299 e. The monoisotopic (exact) mass is 172 g/mol. The van der Waals surface area contributed by atoms with Gasteiger partial charge in [-0.25, -0.2) is 0 Å². The van der Waals surface area contributed by atoms with E-state index in [-0.39, 0.29) is 28.8 Å². The topological polar surface area (TPSA) is 34.1 Å². The average molecular weight is 173 g/mol. The Kier molecular flexibility index (Phi) is 1.53. The van der Waals surface area contributed by atoms with Gasteiger partial charge in [-0.1, -0.05) is 0 Å². The van der Waals surface area contributed by atoms with Crippen molar-refractivity contribution in [1.29, 1.82) is 0 Å². The molecule has 3 heteroatoms. The Morgan fingerprint density at radius 3 is 2.45 bits per heavy atom. The minimum atomic E-state index is -0.302. The molecule has 2 saturated carbocycles. The summed E-state index contributed by atoms with van der Waals surface area (Å²) in [5.41, 5.74) is 0. The summed E-state index contributed by atoms with van der Waals surface area (Å²) in [4.78, 5) is 22.0. The van der Waals surface area contributed by atoms with Gasteiger partial charge >= 0.3 is 0 Å². The molecule has 2 nitrogen and oxygen atoms in total. The van der Waals surface area contributed by atoms with E-state index in [1.54, 1.807) is 0 Å². The van der Waals surface area contributed by atoms with Crippen LogP contribution >= 0.6 is 11.6 Å². The van der Waals surface area contributed by atoms with Crippen molar-refractivity contribution in [3.8, 4) is 0 Å². The lowest BCUT2D eigenvalue weighted by Crippen LogP contribution is -2.16. The van der Waals surface area contributed by atoms with E-state index in [0.29, 0.717) is 6.42 Å². The van der Waals surface area contributed by atoms with Crippen LogP contribution in [-0.2, 0) is 9.59 Å². The zero-order chi connectivity index (χ0) is 8.01. The van der Waals surface area contributed by atoms with E-state index >= 15 is 0 Å². The molecule has 0 aromatic carbocycles. The van der Waals surface area contributed by atoms with Crippen molar-refractivity contribution >= 4 is 22.6 Å². The van der Waals surface area contributed by atoms with Crippen LogP contribution in [0, 0.1) is 17.8 Å². The Morgan fingerprint density at radius 1 is 1.45 bits per heavy atom. The molecule has 0 aliphatic heterocycles. The number of Topliss-reactive ketones (excluding diaryl/α,β-unsaturated/α-hetero) is 1. The van der Waals surface area contributed by atoms with E-state index in [0.717, 1.165) is 12.8 Å². The highest BCUT2D eigenvalue weighted by Crippen LogP contribution is 2.47. The Hall–Kier alpha value is -0.370. The highest BCUT2D eigenvalue weighted by Gasteiger charge is 2.50. The SMILES string of the molecule is O=C(Cl)[C@H]1[C@@H]2CC[C@H]1C(=O)C2. The molecule has 0 aromatic heterocycles. The summed E-state index contributed by atoms with van der Waals surface area (Å²) in [5.74, 6) is 0.368. The van der Waals surface area contributed by atoms with Crippen LogP contribution in [0.25, 0.3) is 0 Å². The first-order chi connectivity index (χ1) is 5.20. The number of fused-ring (bicyclic) bond motifs is 2. The predicted octanol–water partition coefficient (Wildman–Crippen LogP) is 1.37. The van der Waals surface area contributed by atoms with E-state index in [1.165, 1.54) is 0 Å². The van der Waals surface area contributed by atoms with Crippen LogP contribution in [0.1, 0.15) is 19.3 Å². The second kappa shape index (κ2) is 2.31. The Bertz CT molecular complexity index is 224. The van der Waals surface area contributed by atoms with Gasteiger partial charge in [0.1, 0.15) is 5.78 Å². The zero-order valence-electron chi connectivity index (χ0n) is 6.05. The summed E-state index contributed by atoms with van der Waals surface area (Å²) >= 11 is 5.39. The molecule has 0 heterocycles. The van der Waals surface area contributed by atoms with Crippen molar-refractivity contribution in [1.82, 2.24) is 0 Å². The van der Waals surface area contributed by atoms with Gasteiger partial charge in [0, 0.05) is 18.3 Å². The molecule has 0 amide bonds. The molecule has 2 aliphatic rings. The van der Waals surface area contributed by atoms with Crippen LogP contribution in [0.5, 0.6) is 0 Å². The molecule has 0 saturated heterocycles. The van der Waals surface area contributed by atoms with Crippen molar-refractivity contribution in [3.63, 3.8) is 0 Å². The second-order valence-electron chi connectivity index (χ2n) is 3.44. The molecule has 60 valence electrons. The van der Waals surface area contributed by atoms with Gasteiger partial charge in [-0.15, -0.1) is 0 Å². The molecule has 11 heavy (non-hydrogen) atoms. The van der Waals surface area contributed by atoms with Gasteiger partial charge in [0.2, 0.25) is 5.24 Å². The maximum atomic E-state index is 11.1. The van der Waals surface area contributed by atoms with Gasteiger partial charge in [-0.05, 0) is 30.4 Å². The largest absolute Gasteiger partial charge is 0.299 e. The highest BCUT2D eigenvalue weighted by atomic mass is 35.5. The smallest absolute Gasteiger partial charge is 0.225 e. The molecule has 2 bridgehead atoms. The molecule has 2 rings (SSSR count). The lowest BCUT2D eigenvalue weighted by molar-refractivity contribution is -0.124. The predicted molar refractivity (Wildman–Crippen MR) is 40.2 cm³/mol. The molecule has 0 radical (unpaired) electrons. The summed E-state index contributed by atoms with van der Waals surface area (Å²) in [6.45, 7) is 0. The van der Waals surface area contributed by atoms with Crippen LogP contribution in [0.2, 0.25) is 0 Å². The van der Waals surface area contributed by atoms with E-state index in [4.69, 9.17) is 11.6 Å². The number of ketones is 1. The van der Waals surface area contributed by atoms with Gasteiger partial charge in [-0.3, -0.25) is 9.59 Å². The van der Waals surface area contributed by atoms with Gasteiger partial charge in [-0.2, -0.15) is 0 Å². The van der Waals surface area contributed by atoms with Crippen LogP contribution in [-0.4, -0.2) is 11.0 Å². The number of hydrogen-bond donors (Lipinski definition) is 0. The van der Waals surface area contributed by atoms with Crippen molar-refractivity contribution in [2.24, 2.45) is 17.8 Å².